The second kappa shape index (κ2) is 7.82. The molecule has 0 saturated heterocycles. The Morgan fingerprint density at radius 3 is 2.45 bits per heavy atom. The van der Waals surface area contributed by atoms with Crippen LogP contribution in [0.1, 0.15) is 31.8 Å². The van der Waals surface area contributed by atoms with E-state index in [1.165, 1.54) is 39.9 Å². The number of amides is 2. The van der Waals surface area contributed by atoms with Crippen LogP contribution < -0.4 is 5.56 Å². The topological polar surface area (TPSA) is 80.4 Å². The van der Waals surface area contributed by atoms with Gasteiger partial charge in [0.05, 0.1) is 11.8 Å². The molecule has 0 aliphatic carbocycles. The summed E-state index contributed by atoms with van der Waals surface area (Å²) in [5.74, 6) is -0.990. The molecule has 2 aromatic heterocycles. The molecule has 160 valence electrons. The fraction of sp³-hybridized carbons (Fsp3) is 0.273. The Balaban J connectivity index is 1.81. The van der Waals surface area contributed by atoms with Gasteiger partial charge in [0.2, 0.25) is 0 Å². The Hall–Kier alpha value is -3.75. The molecule has 1 aliphatic rings. The molecular formula is C22H22FN5O3. The van der Waals surface area contributed by atoms with Crippen molar-refractivity contribution in [3.8, 4) is 5.69 Å². The number of hydrogen-bond donors (Lipinski definition) is 0. The number of pyridine rings is 1. The van der Waals surface area contributed by atoms with E-state index in [1.807, 2.05) is 0 Å². The molecule has 0 atom stereocenters. The van der Waals surface area contributed by atoms with Gasteiger partial charge >= 0.3 is 0 Å². The molecule has 0 saturated carbocycles. The first-order valence-corrected chi connectivity index (χ1v) is 9.79. The van der Waals surface area contributed by atoms with Crippen molar-refractivity contribution in [1.82, 2.24) is 24.1 Å². The van der Waals surface area contributed by atoms with Crippen LogP contribution in [-0.2, 0) is 20.0 Å². The Bertz CT molecular complexity index is 1230. The van der Waals surface area contributed by atoms with Gasteiger partial charge in [-0.05, 0) is 41.8 Å². The maximum absolute atomic E-state index is 13.4. The first-order valence-electron chi connectivity index (χ1n) is 9.79. The van der Waals surface area contributed by atoms with E-state index >= 15 is 0 Å². The fourth-order valence-electron chi connectivity index (χ4n) is 3.78. The van der Waals surface area contributed by atoms with Crippen molar-refractivity contribution in [3.05, 3.63) is 81.3 Å². The third-order valence-corrected chi connectivity index (χ3v) is 5.36. The lowest BCUT2D eigenvalue weighted by atomic mass is 9.95. The predicted molar refractivity (Wildman–Crippen MR) is 112 cm³/mol. The van der Waals surface area contributed by atoms with Gasteiger partial charge in [-0.25, -0.2) is 4.39 Å². The first kappa shape index (κ1) is 20.5. The zero-order valence-corrected chi connectivity index (χ0v) is 17.5. The van der Waals surface area contributed by atoms with Gasteiger partial charge in [-0.1, -0.05) is 0 Å². The van der Waals surface area contributed by atoms with Crippen molar-refractivity contribution >= 4 is 11.8 Å². The third kappa shape index (κ3) is 3.74. The van der Waals surface area contributed by atoms with Gasteiger partial charge in [0.1, 0.15) is 11.4 Å². The molecule has 1 aliphatic heterocycles. The summed E-state index contributed by atoms with van der Waals surface area (Å²) in [4.78, 5) is 42.0. The van der Waals surface area contributed by atoms with Crippen LogP contribution in [0.15, 0.2) is 47.7 Å². The number of aryl methyl sites for hydroxylation is 1. The summed E-state index contributed by atoms with van der Waals surface area (Å²) in [6.45, 7) is 0.632. The molecule has 2 amide bonds. The summed E-state index contributed by atoms with van der Waals surface area (Å²) in [7, 11) is 4.91. The molecule has 31 heavy (non-hydrogen) atoms. The maximum atomic E-state index is 13.4. The quantitative estimate of drug-likeness (QED) is 0.641. The van der Waals surface area contributed by atoms with E-state index in [0.717, 1.165) is 0 Å². The second-order valence-electron chi connectivity index (χ2n) is 7.74. The molecule has 3 aromatic rings. The van der Waals surface area contributed by atoms with Crippen molar-refractivity contribution in [3.63, 3.8) is 0 Å². The lowest BCUT2D eigenvalue weighted by molar-refractivity contribution is 0.0733. The average Bonchev–Trinajstić information content (AvgIpc) is 3.19. The van der Waals surface area contributed by atoms with Gasteiger partial charge < -0.3 is 9.80 Å². The molecule has 0 spiro atoms. The normalized spacial score (nSPS) is 13.1. The third-order valence-electron chi connectivity index (χ3n) is 5.36. The van der Waals surface area contributed by atoms with E-state index in [4.69, 9.17) is 0 Å². The monoisotopic (exact) mass is 423 g/mol. The summed E-state index contributed by atoms with van der Waals surface area (Å²) in [6.07, 6.45) is 5.19. The summed E-state index contributed by atoms with van der Waals surface area (Å²) in [6, 6.07) is 5.47. The van der Waals surface area contributed by atoms with Gasteiger partial charge in [-0.2, -0.15) is 5.10 Å². The highest BCUT2D eigenvalue weighted by atomic mass is 19.1. The van der Waals surface area contributed by atoms with Gasteiger partial charge in [0.25, 0.3) is 17.4 Å². The van der Waals surface area contributed by atoms with E-state index in [0.29, 0.717) is 35.3 Å². The van der Waals surface area contributed by atoms with Gasteiger partial charge in [0, 0.05) is 52.3 Å². The highest BCUT2D eigenvalue weighted by Gasteiger charge is 2.29. The molecular weight excluding hydrogens is 401 g/mol. The molecule has 9 heteroatoms. The van der Waals surface area contributed by atoms with Crippen LogP contribution in [-0.4, -0.2) is 56.6 Å². The molecule has 3 heterocycles. The molecule has 0 bridgehead atoms. The minimum absolute atomic E-state index is 0.0836. The summed E-state index contributed by atoms with van der Waals surface area (Å²) < 4.78 is 16.3. The highest BCUT2D eigenvalue weighted by molar-refractivity contribution is 5.96. The van der Waals surface area contributed by atoms with E-state index in [2.05, 4.69) is 5.10 Å². The summed E-state index contributed by atoms with van der Waals surface area (Å²) >= 11 is 0. The van der Waals surface area contributed by atoms with E-state index in [-0.39, 0.29) is 18.0 Å². The number of carbonyl (C=O) groups is 2. The Labute approximate surface area is 178 Å². The summed E-state index contributed by atoms with van der Waals surface area (Å²) in [5, 5.41) is 4.05. The lowest BCUT2D eigenvalue weighted by Crippen LogP contribution is -2.41. The number of hydrogen-bond acceptors (Lipinski definition) is 4. The van der Waals surface area contributed by atoms with Crippen LogP contribution in [0.2, 0.25) is 0 Å². The van der Waals surface area contributed by atoms with E-state index in [9.17, 15) is 18.8 Å². The average molecular weight is 423 g/mol. The minimum Gasteiger partial charge on any atom is -0.345 e. The number of fused-ring (bicyclic) bond motifs is 1. The van der Waals surface area contributed by atoms with Crippen molar-refractivity contribution in [1.29, 1.82) is 0 Å². The van der Waals surface area contributed by atoms with Crippen LogP contribution in [0.25, 0.3) is 5.69 Å². The van der Waals surface area contributed by atoms with Crippen LogP contribution in [0, 0.1) is 5.82 Å². The maximum Gasteiger partial charge on any atom is 0.268 e. The number of rotatable bonds is 3. The van der Waals surface area contributed by atoms with Crippen LogP contribution >= 0.6 is 0 Å². The molecule has 0 unspecified atom stereocenters. The first-order chi connectivity index (χ1) is 14.8. The number of nitrogens with zero attached hydrogens (tertiary/aromatic N) is 5. The second-order valence-corrected chi connectivity index (χ2v) is 7.74. The van der Waals surface area contributed by atoms with Gasteiger partial charge in [0.15, 0.2) is 0 Å². The fourth-order valence-corrected chi connectivity index (χ4v) is 3.78. The van der Waals surface area contributed by atoms with Crippen LogP contribution in [0.5, 0.6) is 0 Å². The van der Waals surface area contributed by atoms with E-state index < -0.39 is 17.3 Å². The number of carbonyl (C=O) groups excluding carboxylic acids is 2. The minimum atomic E-state index is -0.462. The zero-order valence-electron chi connectivity index (χ0n) is 17.5. The Kier molecular flexibility index (Phi) is 5.18. The molecule has 1 aromatic carbocycles. The zero-order chi connectivity index (χ0) is 22.3. The molecule has 0 radical (unpaired) electrons. The Morgan fingerprint density at radius 2 is 1.84 bits per heavy atom. The predicted octanol–water partition coefficient (Wildman–Crippen LogP) is 1.61. The SMILES string of the molecule is CN(C)C(=O)c1c2c(cn(-c3ccc(F)cc3)c1=O)CN(C(=O)c1cnn(C)c1)CC2. The Morgan fingerprint density at radius 1 is 1.13 bits per heavy atom. The smallest absolute Gasteiger partial charge is 0.268 e. The van der Waals surface area contributed by atoms with Crippen molar-refractivity contribution in [2.24, 2.45) is 7.05 Å². The molecule has 0 fully saturated rings. The molecule has 8 nitrogen and oxygen atoms in total. The number of aromatic nitrogens is 3. The molecule has 0 N–H and O–H groups in total. The van der Waals surface area contributed by atoms with E-state index in [1.54, 1.807) is 43.1 Å². The van der Waals surface area contributed by atoms with Crippen LogP contribution in [0.4, 0.5) is 4.39 Å². The van der Waals surface area contributed by atoms with Gasteiger partial charge in [-0.15, -0.1) is 0 Å². The number of benzene rings is 1. The van der Waals surface area contributed by atoms with Gasteiger partial charge in [-0.3, -0.25) is 23.6 Å². The van der Waals surface area contributed by atoms with Crippen LogP contribution in [0.3, 0.4) is 0 Å². The summed E-state index contributed by atoms with van der Waals surface area (Å²) in [5.41, 5.74) is 1.89. The molecule has 4 rings (SSSR count). The standard InChI is InChI=1S/C22H22FN5O3/c1-25(2)21(30)19-18-8-9-27(20(29)14-10-24-26(3)11-14)12-15(18)13-28(22(19)31)17-6-4-16(23)5-7-17/h4-7,10-11,13H,8-9,12H2,1-3H3. The number of halogens is 1. The lowest BCUT2D eigenvalue weighted by Gasteiger charge is -2.30. The van der Waals surface area contributed by atoms with Crippen molar-refractivity contribution in [2.45, 2.75) is 13.0 Å². The van der Waals surface area contributed by atoms with Crippen molar-refractivity contribution < 1.29 is 14.0 Å². The largest absolute Gasteiger partial charge is 0.345 e. The highest BCUT2D eigenvalue weighted by Crippen LogP contribution is 2.24. The van der Waals surface area contributed by atoms with Crippen molar-refractivity contribution in [2.75, 3.05) is 20.6 Å².